The van der Waals surface area contributed by atoms with Gasteiger partial charge in [0.15, 0.2) is 0 Å². The molecule has 0 aliphatic rings. The fraction of sp³-hybridized carbons (Fsp3) is 0. The van der Waals surface area contributed by atoms with Crippen molar-refractivity contribution >= 4 is 60.2 Å². The van der Waals surface area contributed by atoms with E-state index in [0.717, 1.165) is 33.3 Å². The lowest BCUT2D eigenvalue weighted by molar-refractivity contribution is 1.18. The molecule has 3 nitrogen and oxygen atoms in total. The second-order valence-corrected chi connectivity index (χ2v) is 12.0. The van der Waals surface area contributed by atoms with Crippen molar-refractivity contribution in [2.45, 2.75) is 0 Å². The summed E-state index contributed by atoms with van der Waals surface area (Å²) in [6.45, 7) is 0. The SMILES string of the molecule is c1ccc(-c2cc(-c3ccccc3)cc(-n3c4ccccc4c4cc5c(cc43)c3ccccc3n3c4ccccc4nc53)c2)cc1. The largest absolute Gasteiger partial charge is 0.309 e. The molecule has 0 spiro atoms. The van der Waals surface area contributed by atoms with Gasteiger partial charge in [0.1, 0.15) is 5.65 Å². The minimum absolute atomic E-state index is 0.992. The van der Waals surface area contributed by atoms with Gasteiger partial charge in [0.25, 0.3) is 0 Å². The number of fused-ring (bicyclic) bond motifs is 11. The summed E-state index contributed by atoms with van der Waals surface area (Å²) in [5.41, 5.74) is 12.6. The standard InChI is InChI=1S/C43H27N3/c1-3-13-28(14-4-1)30-23-31(29-15-5-2-6-16-29)25-32(24-30)45-39-20-10-8-18-34(39)36-26-37-35(27-42(36)45)33-17-7-11-21-40(33)46-41-22-12-9-19-38(41)44-43(37)46/h1-27H. The number of imidazole rings is 1. The van der Waals surface area contributed by atoms with Crippen LogP contribution in [0.1, 0.15) is 0 Å². The Morgan fingerprint density at radius 2 is 0.913 bits per heavy atom. The van der Waals surface area contributed by atoms with Gasteiger partial charge in [0, 0.05) is 27.2 Å². The first kappa shape index (κ1) is 25.2. The molecule has 0 unspecified atom stereocenters. The zero-order valence-electron chi connectivity index (χ0n) is 24.9. The van der Waals surface area contributed by atoms with Gasteiger partial charge in [-0.1, -0.05) is 109 Å². The maximum Gasteiger partial charge on any atom is 0.146 e. The summed E-state index contributed by atoms with van der Waals surface area (Å²) >= 11 is 0. The summed E-state index contributed by atoms with van der Waals surface area (Å²) in [5.74, 6) is 0. The van der Waals surface area contributed by atoms with Crippen LogP contribution in [0.3, 0.4) is 0 Å². The average Bonchev–Trinajstić information content (AvgIpc) is 3.68. The van der Waals surface area contributed by atoms with Crippen LogP contribution in [-0.4, -0.2) is 14.0 Å². The Hall–Kier alpha value is -6.19. The van der Waals surface area contributed by atoms with Crippen LogP contribution in [0.2, 0.25) is 0 Å². The minimum atomic E-state index is 0.992. The summed E-state index contributed by atoms with van der Waals surface area (Å²) in [6.07, 6.45) is 0. The van der Waals surface area contributed by atoms with Crippen LogP contribution in [0.5, 0.6) is 0 Å². The number of para-hydroxylation sites is 4. The lowest BCUT2D eigenvalue weighted by atomic mass is 9.98. The number of hydrogen-bond donors (Lipinski definition) is 0. The van der Waals surface area contributed by atoms with Crippen molar-refractivity contribution in [3.05, 3.63) is 164 Å². The van der Waals surface area contributed by atoms with Crippen molar-refractivity contribution in [3.63, 3.8) is 0 Å². The van der Waals surface area contributed by atoms with E-state index in [9.17, 15) is 0 Å². The first-order valence-electron chi connectivity index (χ1n) is 15.7. The highest BCUT2D eigenvalue weighted by Gasteiger charge is 2.19. The van der Waals surface area contributed by atoms with Crippen LogP contribution in [0.25, 0.3) is 88.1 Å². The quantitative estimate of drug-likeness (QED) is 0.189. The summed E-state index contributed by atoms with van der Waals surface area (Å²) in [5, 5.41) is 6.03. The third-order valence-electron chi connectivity index (χ3n) is 9.44. The number of benzene rings is 7. The molecule has 46 heavy (non-hydrogen) atoms. The maximum absolute atomic E-state index is 5.19. The fourth-order valence-electron chi connectivity index (χ4n) is 7.38. The van der Waals surface area contributed by atoms with E-state index in [2.05, 4.69) is 173 Å². The van der Waals surface area contributed by atoms with E-state index in [1.54, 1.807) is 0 Å². The van der Waals surface area contributed by atoms with Crippen LogP contribution < -0.4 is 0 Å². The predicted molar refractivity (Wildman–Crippen MR) is 193 cm³/mol. The van der Waals surface area contributed by atoms with E-state index in [1.807, 2.05) is 0 Å². The third kappa shape index (κ3) is 3.63. The van der Waals surface area contributed by atoms with Crippen LogP contribution in [0.4, 0.5) is 0 Å². The van der Waals surface area contributed by atoms with Gasteiger partial charge in [0.05, 0.1) is 27.6 Å². The highest BCUT2D eigenvalue weighted by Crippen LogP contribution is 2.40. The van der Waals surface area contributed by atoms with E-state index in [4.69, 9.17) is 4.98 Å². The number of hydrogen-bond acceptors (Lipinski definition) is 1. The van der Waals surface area contributed by atoms with Crippen molar-refractivity contribution in [1.29, 1.82) is 0 Å². The van der Waals surface area contributed by atoms with Crippen LogP contribution >= 0.6 is 0 Å². The fourth-order valence-corrected chi connectivity index (χ4v) is 7.38. The maximum atomic E-state index is 5.19. The Bertz CT molecular complexity index is 2730. The monoisotopic (exact) mass is 585 g/mol. The second kappa shape index (κ2) is 9.65. The molecule has 0 aliphatic carbocycles. The van der Waals surface area contributed by atoms with Gasteiger partial charge in [-0.3, -0.25) is 4.40 Å². The third-order valence-corrected chi connectivity index (χ3v) is 9.44. The zero-order valence-corrected chi connectivity index (χ0v) is 24.9. The molecule has 0 fully saturated rings. The molecule has 0 aliphatic heterocycles. The Morgan fingerprint density at radius 1 is 0.348 bits per heavy atom. The lowest BCUT2D eigenvalue weighted by Gasteiger charge is -2.15. The molecule has 3 aromatic heterocycles. The van der Waals surface area contributed by atoms with Crippen molar-refractivity contribution in [2.75, 3.05) is 0 Å². The Morgan fingerprint density at radius 3 is 1.61 bits per heavy atom. The van der Waals surface area contributed by atoms with Crippen LogP contribution in [0.15, 0.2) is 164 Å². The highest BCUT2D eigenvalue weighted by molar-refractivity contribution is 6.21. The summed E-state index contributed by atoms with van der Waals surface area (Å²) in [4.78, 5) is 5.19. The molecule has 0 radical (unpaired) electrons. The Kier molecular flexibility index (Phi) is 5.28. The number of aromatic nitrogens is 3. The number of pyridine rings is 1. The van der Waals surface area contributed by atoms with Crippen molar-refractivity contribution in [3.8, 4) is 27.9 Å². The first-order valence-corrected chi connectivity index (χ1v) is 15.7. The van der Waals surface area contributed by atoms with Gasteiger partial charge < -0.3 is 4.57 Å². The molecule has 0 amide bonds. The van der Waals surface area contributed by atoms with E-state index in [1.165, 1.54) is 54.8 Å². The molecule has 7 aromatic carbocycles. The molecule has 3 heteroatoms. The van der Waals surface area contributed by atoms with Crippen molar-refractivity contribution in [1.82, 2.24) is 14.0 Å². The van der Waals surface area contributed by atoms with E-state index in [0.29, 0.717) is 0 Å². The summed E-state index contributed by atoms with van der Waals surface area (Å²) in [7, 11) is 0. The molecule has 10 rings (SSSR count). The van der Waals surface area contributed by atoms with Gasteiger partial charge in [-0.2, -0.15) is 0 Å². The molecule has 0 saturated heterocycles. The molecular formula is C43H27N3. The second-order valence-electron chi connectivity index (χ2n) is 12.0. The van der Waals surface area contributed by atoms with E-state index < -0.39 is 0 Å². The average molecular weight is 586 g/mol. The Balaban J connectivity index is 1.36. The summed E-state index contributed by atoms with van der Waals surface area (Å²) < 4.78 is 4.78. The zero-order chi connectivity index (χ0) is 30.2. The minimum Gasteiger partial charge on any atom is -0.309 e. The van der Waals surface area contributed by atoms with E-state index >= 15 is 0 Å². The van der Waals surface area contributed by atoms with Gasteiger partial charge in [0.2, 0.25) is 0 Å². The lowest BCUT2D eigenvalue weighted by Crippen LogP contribution is -1.97. The topological polar surface area (TPSA) is 22.2 Å². The molecular weight excluding hydrogens is 558 g/mol. The van der Waals surface area contributed by atoms with Crippen molar-refractivity contribution in [2.24, 2.45) is 0 Å². The van der Waals surface area contributed by atoms with E-state index in [-0.39, 0.29) is 0 Å². The predicted octanol–water partition coefficient (Wildman–Crippen LogP) is 11.2. The molecule has 0 atom stereocenters. The van der Waals surface area contributed by atoms with Crippen molar-refractivity contribution < 1.29 is 0 Å². The van der Waals surface area contributed by atoms with Crippen LogP contribution in [-0.2, 0) is 0 Å². The van der Waals surface area contributed by atoms with Gasteiger partial charge >= 0.3 is 0 Å². The highest BCUT2D eigenvalue weighted by atomic mass is 15.0. The molecule has 214 valence electrons. The molecule has 3 heterocycles. The van der Waals surface area contributed by atoms with Crippen LogP contribution in [0, 0.1) is 0 Å². The first-order chi connectivity index (χ1) is 22.8. The van der Waals surface area contributed by atoms with Gasteiger partial charge in [-0.05, 0) is 82.2 Å². The Labute approximate surface area is 265 Å². The molecule has 10 aromatic rings. The number of nitrogens with zero attached hydrogens (tertiary/aromatic N) is 3. The normalized spacial score (nSPS) is 11.9. The molecule has 0 bridgehead atoms. The van der Waals surface area contributed by atoms with Gasteiger partial charge in [-0.15, -0.1) is 0 Å². The molecule has 0 N–H and O–H groups in total. The van der Waals surface area contributed by atoms with Gasteiger partial charge in [-0.25, -0.2) is 4.98 Å². The molecule has 0 saturated carbocycles. The number of rotatable bonds is 3. The smallest absolute Gasteiger partial charge is 0.146 e. The summed E-state index contributed by atoms with van der Waals surface area (Å²) in [6, 6.07) is 59.1.